The third-order valence-electron chi connectivity index (χ3n) is 4.05. The minimum atomic E-state index is 0.980. The third kappa shape index (κ3) is 1.56. The molecule has 4 unspecified atom stereocenters. The van der Waals surface area contributed by atoms with Crippen molar-refractivity contribution in [2.45, 2.75) is 46.5 Å². The van der Waals surface area contributed by atoms with E-state index in [1.54, 1.807) is 5.57 Å². The van der Waals surface area contributed by atoms with Gasteiger partial charge in [0.15, 0.2) is 0 Å². The number of hydrogen-bond donors (Lipinski definition) is 0. The van der Waals surface area contributed by atoms with Gasteiger partial charge in [-0.2, -0.15) is 0 Å². The molecule has 0 amide bonds. The smallest absolute Gasteiger partial charge is 0.0141 e. The quantitative estimate of drug-likeness (QED) is 0.452. The molecule has 0 nitrogen and oxygen atoms in total. The van der Waals surface area contributed by atoms with Gasteiger partial charge in [-0.05, 0) is 36.5 Å². The summed E-state index contributed by atoms with van der Waals surface area (Å²) in [5.41, 5.74) is 1.80. The van der Waals surface area contributed by atoms with E-state index in [0.29, 0.717) is 0 Å². The first kappa shape index (κ1) is 9.30. The summed E-state index contributed by atoms with van der Waals surface area (Å²) in [4.78, 5) is 0. The largest absolute Gasteiger partial charge is 0.0850 e. The van der Waals surface area contributed by atoms with E-state index in [4.69, 9.17) is 0 Å². The van der Waals surface area contributed by atoms with Crippen molar-refractivity contribution in [2.24, 2.45) is 23.7 Å². The predicted molar refractivity (Wildman–Crippen MR) is 57.5 cm³/mol. The van der Waals surface area contributed by atoms with Gasteiger partial charge in [0.2, 0.25) is 0 Å². The first-order chi connectivity index (χ1) is 6.25. The highest BCUT2D eigenvalue weighted by molar-refractivity contribution is 5.26. The summed E-state index contributed by atoms with van der Waals surface area (Å²) in [6, 6.07) is 0. The van der Waals surface area contributed by atoms with Crippen LogP contribution in [0.1, 0.15) is 46.5 Å². The highest BCUT2D eigenvalue weighted by atomic mass is 14.6. The topological polar surface area (TPSA) is 0 Å². The third-order valence-corrected chi connectivity index (χ3v) is 4.05. The van der Waals surface area contributed by atoms with Crippen LogP contribution in [0.15, 0.2) is 11.6 Å². The molecule has 0 saturated heterocycles. The van der Waals surface area contributed by atoms with Gasteiger partial charge in [-0.25, -0.2) is 0 Å². The first-order valence-electron chi connectivity index (χ1n) is 5.94. The lowest BCUT2D eigenvalue weighted by atomic mass is 9.99. The zero-order valence-corrected chi connectivity index (χ0v) is 9.22. The Morgan fingerprint density at radius 2 is 2.15 bits per heavy atom. The van der Waals surface area contributed by atoms with Gasteiger partial charge in [0.05, 0.1) is 0 Å². The zero-order valence-electron chi connectivity index (χ0n) is 9.22. The van der Waals surface area contributed by atoms with E-state index in [9.17, 15) is 0 Å². The molecule has 0 aromatic carbocycles. The van der Waals surface area contributed by atoms with Crippen molar-refractivity contribution in [1.82, 2.24) is 0 Å². The summed E-state index contributed by atoms with van der Waals surface area (Å²) in [6.45, 7) is 7.14. The van der Waals surface area contributed by atoms with E-state index in [1.807, 2.05) is 0 Å². The summed E-state index contributed by atoms with van der Waals surface area (Å²) in [7, 11) is 0. The fourth-order valence-electron chi connectivity index (χ4n) is 3.31. The summed E-state index contributed by atoms with van der Waals surface area (Å²) >= 11 is 0. The standard InChI is InChI=1S/C13H22/c1-4-5-6-7-11-8-9(2)12-10(3)13(11)12/h7,9-10,12-13H,4-6,8H2,1-3H3. The second kappa shape index (κ2) is 3.48. The van der Waals surface area contributed by atoms with Crippen molar-refractivity contribution in [2.75, 3.05) is 0 Å². The van der Waals surface area contributed by atoms with Crippen LogP contribution in [0.25, 0.3) is 0 Å². The van der Waals surface area contributed by atoms with E-state index in [1.165, 1.54) is 25.7 Å². The van der Waals surface area contributed by atoms with Gasteiger partial charge < -0.3 is 0 Å². The van der Waals surface area contributed by atoms with Crippen molar-refractivity contribution >= 4 is 0 Å². The number of allylic oxidation sites excluding steroid dienone is 2. The Balaban J connectivity index is 1.91. The molecule has 2 rings (SSSR count). The van der Waals surface area contributed by atoms with Gasteiger partial charge in [0, 0.05) is 0 Å². The molecular weight excluding hydrogens is 156 g/mol. The second-order valence-electron chi connectivity index (χ2n) is 5.06. The summed E-state index contributed by atoms with van der Waals surface area (Å²) in [5, 5.41) is 0. The lowest BCUT2D eigenvalue weighted by molar-refractivity contribution is 0.507. The van der Waals surface area contributed by atoms with Crippen LogP contribution in [-0.4, -0.2) is 0 Å². The second-order valence-corrected chi connectivity index (χ2v) is 5.06. The van der Waals surface area contributed by atoms with Crippen molar-refractivity contribution in [3.63, 3.8) is 0 Å². The molecule has 0 heterocycles. The molecular formula is C13H22. The van der Waals surface area contributed by atoms with Crippen molar-refractivity contribution < 1.29 is 0 Å². The van der Waals surface area contributed by atoms with Crippen LogP contribution in [0.3, 0.4) is 0 Å². The number of hydrogen-bond acceptors (Lipinski definition) is 0. The van der Waals surface area contributed by atoms with Gasteiger partial charge in [-0.3, -0.25) is 0 Å². The van der Waals surface area contributed by atoms with E-state index in [-0.39, 0.29) is 0 Å². The first-order valence-corrected chi connectivity index (χ1v) is 5.94. The van der Waals surface area contributed by atoms with Crippen LogP contribution < -0.4 is 0 Å². The SMILES string of the molecule is CCCCC=C1CC(C)C2C(C)C12. The monoisotopic (exact) mass is 178 g/mol. The van der Waals surface area contributed by atoms with Gasteiger partial charge in [0.1, 0.15) is 0 Å². The van der Waals surface area contributed by atoms with Gasteiger partial charge in [-0.15, -0.1) is 0 Å². The maximum Gasteiger partial charge on any atom is -0.0141 e. The lowest BCUT2D eigenvalue weighted by Gasteiger charge is -2.07. The molecule has 0 spiro atoms. The van der Waals surface area contributed by atoms with Gasteiger partial charge >= 0.3 is 0 Å². The molecule has 0 N–H and O–H groups in total. The average Bonchev–Trinajstić information content (AvgIpc) is 2.63. The molecule has 0 radical (unpaired) electrons. The lowest BCUT2D eigenvalue weighted by Crippen LogP contribution is -1.95. The molecule has 2 aliphatic carbocycles. The van der Waals surface area contributed by atoms with E-state index in [2.05, 4.69) is 26.8 Å². The molecule has 0 heteroatoms. The molecule has 0 aromatic heterocycles. The fourth-order valence-corrected chi connectivity index (χ4v) is 3.31. The maximum atomic E-state index is 2.55. The minimum Gasteiger partial charge on any atom is -0.0850 e. The highest BCUT2D eigenvalue weighted by Gasteiger charge is 2.55. The average molecular weight is 178 g/mol. The van der Waals surface area contributed by atoms with Crippen LogP contribution >= 0.6 is 0 Å². The molecule has 2 aliphatic rings. The zero-order chi connectivity index (χ0) is 9.42. The summed E-state index contributed by atoms with van der Waals surface area (Å²) < 4.78 is 0. The Kier molecular flexibility index (Phi) is 2.49. The van der Waals surface area contributed by atoms with Gasteiger partial charge in [0.25, 0.3) is 0 Å². The Bertz CT molecular complexity index is 214. The van der Waals surface area contributed by atoms with E-state index >= 15 is 0 Å². The van der Waals surface area contributed by atoms with Crippen LogP contribution in [0.5, 0.6) is 0 Å². The Morgan fingerprint density at radius 3 is 2.69 bits per heavy atom. The highest BCUT2D eigenvalue weighted by Crippen LogP contribution is 2.62. The Labute approximate surface area is 82.4 Å². The van der Waals surface area contributed by atoms with Crippen LogP contribution in [0.4, 0.5) is 0 Å². The molecule has 2 fully saturated rings. The number of unbranched alkanes of at least 4 members (excludes halogenated alkanes) is 2. The van der Waals surface area contributed by atoms with Crippen molar-refractivity contribution in [3.8, 4) is 0 Å². The molecule has 0 aliphatic heterocycles. The maximum absolute atomic E-state index is 2.55. The van der Waals surface area contributed by atoms with Crippen molar-refractivity contribution in [3.05, 3.63) is 11.6 Å². The van der Waals surface area contributed by atoms with Crippen LogP contribution in [-0.2, 0) is 0 Å². The summed E-state index contributed by atoms with van der Waals surface area (Å²) in [6.07, 6.45) is 8.00. The number of rotatable bonds is 3. The minimum absolute atomic E-state index is 0.980. The summed E-state index contributed by atoms with van der Waals surface area (Å²) in [5.74, 6) is 4.06. The Hall–Kier alpha value is -0.260. The molecule has 0 bridgehead atoms. The number of fused-ring (bicyclic) bond motifs is 1. The molecule has 13 heavy (non-hydrogen) atoms. The fraction of sp³-hybridized carbons (Fsp3) is 0.846. The van der Waals surface area contributed by atoms with Crippen LogP contribution in [0, 0.1) is 23.7 Å². The molecule has 2 saturated carbocycles. The predicted octanol–water partition coefficient (Wildman–Crippen LogP) is 4.02. The molecule has 4 atom stereocenters. The molecule has 74 valence electrons. The molecule has 0 aromatic rings. The van der Waals surface area contributed by atoms with Gasteiger partial charge in [-0.1, -0.05) is 45.3 Å². The Morgan fingerprint density at radius 1 is 1.38 bits per heavy atom. The van der Waals surface area contributed by atoms with Crippen molar-refractivity contribution in [1.29, 1.82) is 0 Å². The van der Waals surface area contributed by atoms with E-state index < -0.39 is 0 Å². The normalized spacial score (nSPS) is 45.3. The van der Waals surface area contributed by atoms with Crippen LogP contribution in [0.2, 0.25) is 0 Å². The van der Waals surface area contributed by atoms with E-state index in [0.717, 1.165) is 23.7 Å².